The molecule has 13 heteroatoms. The van der Waals surface area contributed by atoms with Crippen LogP contribution in [0.3, 0.4) is 0 Å². The van der Waals surface area contributed by atoms with Gasteiger partial charge in [-0.25, -0.2) is 18.9 Å². The van der Waals surface area contributed by atoms with Crippen LogP contribution < -0.4 is 20.4 Å². The summed E-state index contributed by atoms with van der Waals surface area (Å²) in [7, 11) is -2.19. The lowest BCUT2D eigenvalue weighted by atomic mass is 10.2. The second-order valence-corrected chi connectivity index (χ2v) is 9.16. The number of benzene rings is 1. The third kappa shape index (κ3) is 6.28. The monoisotopic (exact) mass is 491 g/mol. The van der Waals surface area contributed by atoms with Gasteiger partial charge in [0.2, 0.25) is 10.0 Å². The molecule has 0 aliphatic rings. The molecule has 11 nitrogen and oxygen atoms in total. The van der Waals surface area contributed by atoms with Crippen molar-refractivity contribution in [1.82, 2.24) is 20.7 Å². The van der Waals surface area contributed by atoms with Gasteiger partial charge in [0.1, 0.15) is 11.6 Å². The van der Waals surface area contributed by atoms with Crippen LogP contribution in [0.15, 0.2) is 48.7 Å². The predicted molar refractivity (Wildman–Crippen MR) is 127 cm³/mol. The van der Waals surface area contributed by atoms with Gasteiger partial charge in [-0.15, -0.1) is 5.10 Å². The minimum atomic E-state index is -3.59. The number of hydroxylamine groups is 1. The maximum absolute atomic E-state index is 12.6. The van der Waals surface area contributed by atoms with E-state index in [1.807, 2.05) is 0 Å². The van der Waals surface area contributed by atoms with Gasteiger partial charge >= 0.3 is 0 Å². The molecule has 3 N–H and O–H groups in total. The zero-order chi connectivity index (χ0) is 24.0. The van der Waals surface area contributed by atoms with E-state index >= 15 is 0 Å². The first kappa shape index (κ1) is 24.2. The molecule has 0 aliphatic heterocycles. The van der Waals surface area contributed by atoms with Crippen LogP contribution >= 0.6 is 11.6 Å². The van der Waals surface area contributed by atoms with E-state index in [1.54, 1.807) is 37.3 Å². The van der Waals surface area contributed by atoms with Crippen LogP contribution in [0.2, 0.25) is 5.02 Å². The van der Waals surface area contributed by atoms with Crippen molar-refractivity contribution in [1.29, 1.82) is 0 Å². The smallest absolute Gasteiger partial charge is 0.278 e. The Kier molecular flexibility index (Phi) is 7.63. The number of amides is 1. The van der Waals surface area contributed by atoms with Crippen LogP contribution in [0.1, 0.15) is 17.3 Å². The number of hydrogen-bond donors (Lipinski definition) is 3. The van der Waals surface area contributed by atoms with E-state index in [0.29, 0.717) is 22.3 Å². The summed E-state index contributed by atoms with van der Waals surface area (Å²) in [6, 6.07) is 11.2. The van der Waals surface area contributed by atoms with E-state index in [-0.39, 0.29) is 23.7 Å². The van der Waals surface area contributed by atoms with Crippen molar-refractivity contribution in [3.8, 4) is 0 Å². The Morgan fingerprint density at radius 1 is 1.15 bits per heavy atom. The maximum atomic E-state index is 12.6. The first-order chi connectivity index (χ1) is 15.7. The average molecular weight is 492 g/mol. The topological polar surface area (TPSA) is 138 Å². The van der Waals surface area contributed by atoms with Crippen molar-refractivity contribution in [2.45, 2.75) is 6.92 Å². The number of hydrogen-bond acceptors (Lipinski definition) is 9. The van der Waals surface area contributed by atoms with Crippen LogP contribution in [0.4, 0.5) is 28.8 Å². The largest absolute Gasteiger partial charge is 0.338 e. The highest BCUT2D eigenvalue weighted by Crippen LogP contribution is 2.33. The van der Waals surface area contributed by atoms with Gasteiger partial charge in [0.15, 0.2) is 5.82 Å². The summed E-state index contributed by atoms with van der Waals surface area (Å²) in [5.74, 6) is 0.431. The lowest BCUT2D eigenvalue weighted by Gasteiger charge is -2.22. The molecule has 33 heavy (non-hydrogen) atoms. The molecule has 0 saturated heterocycles. The standard InChI is InChI=1S/C20H22ClN7O4S/c1-4-32-27-20(29)14-8-10-17(24-18-6-5-11-22-26-18)25-19(14)23-15-9-7-13(21)12-16(15)28(2)33(3,30)31/h5-12H,4H2,1-3H3,(H,27,29)(H2,23,24,25,26). The van der Waals surface area contributed by atoms with Gasteiger partial charge in [0, 0.05) is 18.3 Å². The van der Waals surface area contributed by atoms with Gasteiger partial charge in [-0.1, -0.05) is 11.6 Å². The SMILES string of the molecule is CCONC(=O)c1ccc(Nc2cccnn2)nc1Nc1ccc(Cl)cc1N(C)S(C)(=O)=O. The molecule has 0 aliphatic carbocycles. The highest BCUT2D eigenvalue weighted by molar-refractivity contribution is 7.92. The molecule has 0 bridgehead atoms. The number of sulfonamides is 1. The fourth-order valence-electron chi connectivity index (χ4n) is 2.68. The van der Waals surface area contributed by atoms with Crippen molar-refractivity contribution in [2.24, 2.45) is 0 Å². The van der Waals surface area contributed by atoms with Crippen molar-refractivity contribution in [2.75, 3.05) is 34.8 Å². The molecule has 0 unspecified atom stereocenters. The van der Waals surface area contributed by atoms with Crippen molar-refractivity contribution in [3.05, 3.63) is 59.2 Å². The lowest BCUT2D eigenvalue weighted by Crippen LogP contribution is -2.26. The molecule has 174 valence electrons. The Hall–Kier alpha value is -3.48. The number of rotatable bonds is 9. The quantitative estimate of drug-likeness (QED) is 0.385. The van der Waals surface area contributed by atoms with Crippen LogP contribution in [0, 0.1) is 0 Å². The van der Waals surface area contributed by atoms with Crippen LogP contribution in [-0.4, -0.2) is 49.4 Å². The second kappa shape index (κ2) is 10.4. The highest BCUT2D eigenvalue weighted by Gasteiger charge is 2.20. The molecule has 0 spiro atoms. The second-order valence-electron chi connectivity index (χ2n) is 6.71. The number of halogens is 1. The number of anilines is 5. The number of carbonyl (C=O) groups is 1. The molecule has 0 saturated carbocycles. The molecular weight excluding hydrogens is 470 g/mol. The first-order valence-corrected chi connectivity index (χ1v) is 11.9. The fourth-order valence-corrected chi connectivity index (χ4v) is 3.35. The van der Waals surface area contributed by atoms with Crippen LogP contribution in [0.5, 0.6) is 0 Å². The van der Waals surface area contributed by atoms with Crippen molar-refractivity contribution in [3.63, 3.8) is 0 Å². The summed E-state index contributed by atoms with van der Waals surface area (Å²) in [6.45, 7) is 2.00. The van der Waals surface area contributed by atoms with Gasteiger partial charge in [0.05, 0.1) is 29.8 Å². The Labute approximate surface area is 196 Å². The van der Waals surface area contributed by atoms with Crippen LogP contribution in [-0.2, 0) is 14.9 Å². The van der Waals surface area contributed by atoms with E-state index < -0.39 is 15.9 Å². The van der Waals surface area contributed by atoms with Gasteiger partial charge in [-0.2, -0.15) is 5.10 Å². The van der Waals surface area contributed by atoms with E-state index in [4.69, 9.17) is 16.4 Å². The van der Waals surface area contributed by atoms with E-state index in [9.17, 15) is 13.2 Å². The maximum Gasteiger partial charge on any atom is 0.278 e. The van der Waals surface area contributed by atoms with Gasteiger partial charge in [-0.3, -0.25) is 13.9 Å². The third-order valence-electron chi connectivity index (χ3n) is 4.33. The van der Waals surface area contributed by atoms with Gasteiger partial charge < -0.3 is 10.6 Å². The Bertz CT molecular complexity index is 1240. The minimum absolute atomic E-state index is 0.145. The number of nitrogens with one attached hydrogen (secondary N) is 3. The molecule has 2 heterocycles. The third-order valence-corrected chi connectivity index (χ3v) is 5.75. The van der Waals surface area contributed by atoms with E-state index in [1.165, 1.54) is 25.4 Å². The summed E-state index contributed by atoms with van der Waals surface area (Å²) >= 11 is 6.10. The molecule has 2 aromatic heterocycles. The molecule has 1 amide bonds. The molecule has 3 aromatic rings. The number of carbonyl (C=O) groups excluding carboxylic acids is 1. The Morgan fingerprint density at radius 2 is 1.94 bits per heavy atom. The minimum Gasteiger partial charge on any atom is -0.338 e. The molecule has 0 radical (unpaired) electrons. The number of pyridine rings is 1. The highest BCUT2D eigenvalue weighted by atomic mass is 35.5. The predicted octanol–water partition coefficient (Wildman–Crippen LogP) is 3.09. The van der Waals surface area contributed by atoms with Crippen molar-refractivity contribution < 1.29 is 18.0 Å². The summed E-state index contributed by atoms with van der Waals surface area (Å²) in [5.41, 5.74) is 3.12. The normalized spacial score (nSPS) is 11.0. The molecule has 1 aromatic carbocycles. The lowest BCUT2D eigenvalue weighted by molar-refractivity contribution is 0.0365. The average Bonchev–Trinajstić information content (AvgIpc) is 2.78. The van der Waals surface area contributed by atoms with Gasteiger partial charge in [-0.05, 0) is 49.4 Å². The van der Waals surface area contributed by atoms with E-state index in [2.05, 4.69) is 31.3 Å². The van der Waals surface area contributed by atoms with Gasteiger partial charge in [0.25, 0.3) is 5.91 Å². The Morgan fingerprint density at radius 3 is 2.61 bits per heavy atom. The fraction of sp³-hybridized carbons (Fsp3) is 0.200. The molecule has 0 fully saturated rings. The summed E-state index contributed by atoms with van der Waals surface area (Å²) in [5, 5.41) is 14.1. The summed E-state index contributed by atoms with van der Waals surface area (Å²) in [6.07, 6.45) is 2.61. The number of aromatic nitrogens is 3. The Balaban J connectivity index is 2.04. The zero-order valence-electron chi connectivity index (χ0n) is 18.0. The first-order valence-electron chi connectivity index (χ1n) is 9.67. The zero-order valence-corrected chi connectivity index (χ0v) is 19.6. The van der Waals surface area contributed by atoms with Crippen LogP contribution in [0.25, 0.3) is 0 Å². The summed E-state index contributed by atoms with van der Waals surface area (Å²) < 4.78 is 25.3. The van der Waals surface area contributed by atoms with E-state index in [0.717, 1.165) is 10.6 Å². The number of nitrogens with zero attached hydrogens (tertiary/aromatic N) is 4. The summed E-state index contributed by atoms with van der Waals surface area (Å²) in [4.78, 5) is 22.1. The molecular formula is C20H22ClN7O4S. The molecule has 3 rings (SSSR count). The molecule has 0 atom stereocenters. The van der Waals surface area contributed by atoms with Crippen molar-refractivity contribution >= 4 is 56.4 Å².